The zero-order valence-electron chi connectivity index (χ0n) is 13.1. The monoisotopic (exact) mass is 286 g/mol. The zero-order chi connectivity index (χ0) is 14.7. The van der Waals surface area contributed by atoms with Crippen molar-refractivity contribution in [2.75, 3.05) is 13.2 Å². The maximum Gasteiger partial charge on any atom is 0.0690 e. The average Bonchev–Trinajstić information content (AvgIpc) is 2.89. The van der Waals surface area contributed by atoms with Gasteiger partial charge in [-0.2, -0.15) is 0 Å². The highest BCUT2D eigenvalue weighted by Crippen LogP contribution is 2.57. The molecule has 3 atom stereocenters. The Kier molecular flexibility index (Phi) is 2.97. The SMILES string of the molecule is CC1(C)C2OCCCC2C1(N)CN1Cc2ccccc2C1. The maximum atomic E-state index is 6.93. The van der Waals surface area contributed by atoms with E-state index in [1.165, 1.54) is 17.5 Å². The summed E-state index contributed by atoms with van der Waals surface area (Å²) in [6.45, 7) is 8.58. The molecule has 114 valence electrons. The van der Waals surface area contributed by atoms with Crippen molar-refractivity contribution >= 4 is 0 Å². The van der Waals surface area contributed by atoms with Crippen LogP contribution in [0.3, 0.4) is 0 Å². The normalized spacial score (nSPS) is 37.7. The smallest absolute Gasteiger partial charge is 0.0690 e. The summed E-state index contributed by atoms with van der Waals surface area (Å²) in [4.78, 5) is 2.53. The topological polar surface area (TPSA) is 38.5 Å². The molecule has 4 rings (SSSR count). The van der Waals surface area contributed by atoms with Crippen LogP contribution in [0.25, 0.3) is 0 Å². The molecule has 2 aliphatic heterocycles. The summed E-state index contributed by atoms with van der Waals surface area (Å²) in [6, 6.07) is 8.77. The first-order valence-corrected chi connectivity index (χ1v) is 8.22. The van der Waals surface area contributed by atoms with Crippen LogP contribution in [-0.2, 0) is 17.8 Å². The van der Waals surface area contributed by atoms with Gasteiger partial charge < -0.3 is 10.5 Å². The standard InChI is InChI=1S/C18H26N2O/c1-17(2)16-15(8-5-9-21-16)18(17,19)12-20-10-13-6-3-4-7-14(13)11-20/h3-4,6-7,15-16H,5,8-12,19H2,1-2H3. The molecule has 2 N–H and O–H groups in total. The average molecular weight is 286 g/mol. The molecule has 2 fully saturated rings. The van der Waals surface area contributed by atoms with E-state index in [-0.39, 0.29) is 11.0 Å². The highest BCUT2D eigenvalue weighted by Gasteiger charge is 2.66. The van der Waals surface area contributed by atoms with Crippen LogP contribution in [0.15, 0.2) is 24.3 Å². The van der Waals surface area contributed by atoms with Gasteiger partial charge in [0.15, 0.2) is 0 Å². The largest absolute Gasteiger partial charge is 0.377 e. The van der Waals surface area contributed by atoms with Crippen molar-refractivity contribution in [3.8, 4) is 0 Å². The van der Waals surface area contributed by atoms with E-state index in [0.29, 0.717) is 12.0 Å². The van der Waals surface area contributed by atoms with E-state index in [1.54, 1.807) is 0 Å². The number of ether oxygens (including phenoxy) is 1. The second-order valence-electron chi connectivity index (χ2n) is 7.72. The van der Waals surface area contributed by atoms with Crippen molar-refractivity contribution in [3.63, 3.8) is 0 Å². The third-order valence-corrected chi connectivity index (χ3v) is 6.29. The van der Waals surface area contributed by atoms with Crippen LogP contribution in [0.1, 0.15) is 37.8 Å². The van der Waals surface area contributed by atoms with Crippen molar-refractivity contribution in [1.29, 1.82) is 0 Å². The molecule has 1 aromatic rings. The Morgan fingerprint density at radius 3 is 2.57 bits per heavy atom. The first-order valence-electron chi connectivity index (χ1n) is 8.22. The van der Waals surface area contributed by atoms with Crippen LogP contribution in [0, 0.1) is 11.3 Å². The molecule has 1 aromatic carbocycles. The van der Waals surface area contributed by atoms with Gasteiger partial charge >= 0.3 is 0 Å². The Bertz CT molecular complexity index is 531. The third-order valence-electron chi connectivity index (χ3n) is 6.29. The van der Waals surface area contributed by atoms with Crippen LogP contribution in [0.2, 0.25) is 0 Å². The van der Waals surface area contributed by atoms with Gasteiger partial charge in [-0.05, 0) is 24.0 Å². The first kappa shape index (κ1) is 13.7. The van der Waals surface area contributed by atoms with Crippen LogP contribution in [0.5, 0.6) is 0 Å². The number of hydrogen-bond donors (Lipinski definition) is 1. The molecule has 3 nitrogen and oxygen atoms in total. The molecule has 0 radical (unpaired) electrons. The molecule has 1 saturated heterocycles. The number of hydrogen-bond acceptors (Lipinski definition) is 3. The summed E-state index contributed by atoms with van der Waals surface area (Å²) < 4.78 is 6.02. The molecule has 3 unspecified atom stereocenters. The van der Waals surface area contributed by atoms with E-state index < -0.39 is 0 Å². The van der Waals surface area contributed by atoms with Crippen molar-refractivity contribution in [3.05, 3.63) is 35.4 Å². The number of nitrogens with zero attached hydrogens (tertiary/aromatic N) is 1. The van der Waals surface area contributed by atoms with Crippen LogP contribution >= 0.6 is 0 Å². The second-order valence-corrected chi connectivity index (χ2v) is 7.72. The Morgan fingerprint density at radius 1 is 1.24 bits per heavy atom. The predicted octanol–water partition coefficient (Wildman–Crippen LogP) is 2.53. The quantitative estimate of drug-likeness (QED) is 0.908. The van der Waals surface area contributed by atoms with Gasteiger partial charge in [0.2, 0.25) is 0 Å². The van der Waals surface area contributed by atoms with Gasteiger partial charge in [-0.25, -0.2) is 0 Å². The van der Waals surface area contributed by atoms with Crippen LogP contribution in [0.4, 0.5) is 0 Å². The fraction of sp³-hybridized carbons (Fsp3) is 0.667. The zero-order valence-corrected chi connectivity index (χ0v) is 13.1. The number of nitrogens with two attached hydrogens (primary N) is 1. The van der Waals surface area contributed by atoms with Crippen molar-refractivity contribution < 1.29 is 4.74 Å². The van der Waals surface area contributed by atoms with E-state index in [2.05, 4.69) is 43.0 Å². The van der Waals surface area contributed by atoms with Crippen molar-refractivity contribution in [1.82, 2.24) is 4.90 Å². The van der Waals surface area contributed by atoms with Gasteiger partial charge in [0, 0.05) is 43.1 Å². The lowest BCUT2D eigenvalue weighted by Crippen LogP contribution is -2.80. The summed E-state index contributed by atoms with van der Waals surface area (Å²) >= 11 is 0. The van der Waals surface area contributed by atoms with E-state index in [4.69, 9.17) is 10.5 Å². The van der Waals surface area contributed by atoms with Gasteiger partial charge in [0.05, 0.1) is 6.10 Å². The molecule has 0 amide bonds. The van der Waals surface area contributed by atoms with E-state index in [9.17, 15) is 0 Å². The first-order chi connectivity index (χ1) is 10.0. The highest BCUT2D eigenvalue weighted by atomic mass is 16.5. The molecule has 2 heterocycles. The molecule has 1 saturated carbocycles. The lowest BCUT2D eigenvalue weighted by molar-refractivity contribution is -0.232. The van der Waals surface area contributed by atoms with E-state index in [1.807, 2.05) is 0 Å². The molecule has 3 aliphatic rings. The molecule has 0 spiro atoms. The minimum Gasteiger partial charge on any atom is -0.377 e. The molecule has 21 heavy (non-hydrogen) atoms. The van der Waals surface area contributed by atoms with Crippen LogP contribution in [-0.4, -0.2) is 29.7 Å². The predicted molar refractivity (Wildman–Crippen MR) is 83.7 cm³/mol. The van der Waals surface area contributed by atoms with Gasteiger partial charge in [0.1, 0.15) is 0 Å². The Balaban J connectivity index is 1.52. The molecular weight excluding hydrogens is 260 g/mol. The molecule has 3 heteroatoms. The minimum atomic E-state index is -0.111. The van der Waals surface area contributed by atoms with Gasteiger partial charge in [-0.15, -0.1) is 0 Å². The molecular formula is C18H26N2O. The summed E-state index contributed by atoms with van der Waals surface area (Å²) in [6.07, 6.45) is 2.75. The number of benzene rings is 1. The fourth-order valence-corrected chi connectivity index (χ4v) is 4.87. The molecule has 1 aliphatic carbocycles. The van der Waals surface area contributed by atoms with E-state index >= 15 is 0 Å². The van der Waals surface area contributed by atoms with E-state index in [0.717, 1.165) is 32.7 Å². The lowest BCUT2D eigenvalue weighted by atomic mass is 9.46. The summed E-state index contributed by atoms with van der Waals surface area (Å²) in [5, 5.41) is 0. The van der Waals surface area contributed by atoms with Gasteiger partial charge in [-0.1, -0.05) is 38.1 Å². The summed E-state index contributed by atoms with van der Waals surface area (Å²) in [7, 11) is 0. The number of rotatable bonds is 2. The molecule has 0 bridgehead atoms. The van der Waals surface area contributed by atoms with Crippen molar-refractivity contribution in [2.45, 2.75) is 51.4 Å². The highest BCUT2D eigenvalue weighted by molar-refractivity contribution is 5.31. The molecule has 0 aromatic heterocycles. The van der Waals surface area contributed by atoms with Gasteiger partial charge in [0.25, 0.3) is 0 Å². The fourth-order valence-electron chi connectivity index (χ4n) is 4.87. The minimum absolute atomic E-state index is 0.0763. The third kappa shape index (κ3) is 1.84. The lowest BCUT2D eigenvalue weighted by Gasteiger charge is -2.67. The summed E-state index contributed by atoms with van der Waals surface area (Å²) in [5.41, 5.74) is 9.83. The Labute approximate surface area is 127 Å². The Morgan fingerprint density at radius 2 is 1.90 bits per heavy atom. The van der Waals surface area contributed by atoms with Crippen molar-refractivity contribution in [2.24, 2.45) is 17.1 Å². The van der Waals surface area contributed by atoms with Gasteiger partial charge in [-0.3, -0.25) is 4.90 Å². The Hall–Kier alpha value is -0.900. The summed E-state index contributed by atoms with van der Waals surface area (Å²) in [5.74, 6) is 0.532. The second kappa shape index (κ2) is 4.55. The number of fused-ring (bicyclic) bond motifs is 2. The maximum absolute atomic E-state index is 6.93. The van der Waals surface area contributed by atoms with Crippen LogP contribution < -0.4 is 5.73 Å².